The monoisotopic (exact) mass is 334 g/mol. The highest BCUT2D eigenvalue weighted by atomic mass is 16.5. The lowest BCUT2D eigenvalue weighted by atomic mass is 10.0. The molecule has 0 bridgehead atoms. The van der Waals surface area contributed by atoms with Gasteiger partial charge in [-0.05, 0) is 31.4 Å². The van der Waals surface area contributed by atoms with Crippen LogP contribution in [-0.2, 0) is 9.47 Å². The third kappa shape index (κ3) is 7.62. The van der Waals surface area contributed by atoms with Crippen molar-refractivity contribution >= 4 is 11.9 Å². The van der Waals surface area contributed by atoms with E-state index in [1.54, 1.807) is 31.2 Å². The third-order valence-electron chi connectivity index (χ3n) is 3.80. The van der Waals surface area contributed by atoms with E-state index >= 15 is 0 Å². The van der Waals surface area contributed by atoms with Crippen molar-refractivity contribution in [3.63, 3.8) is 0 Å². The number of benzene rings is 1. The highest BCUT2D eigenvalue weighted by Crippen LogP contribution is 2.13. The molecule has 1 aromatic rings. The molecular formula is C20H30O4. The summed E-state index contributed by atoms with van der Waals surface area (Å²) in [5, 5.41) is 0. The number of hydrogen-bond donors (Lipinski definition) is 0. The van der Waals surface area contributed by atoms with Crippen molar-refractivity contribution in [2.24, 2.45) is 5.92 Å². The fraction of sp³-hybridized carbons (Fsp3) is 0.600. The maximum atomic E-state index is 12.2. The summed E-state index contributed by atoms with van der Waals surface area (Å²) >= 11 is 0. The number of rotatable bonds is 11. The molecule has 1 rings (SSSR count). The lowest BCUT2D eigenvalue weighted by molar-refractivity contribution is 0.0462. The minimum Gasteiger partial charge on any atom is -0.462 e. The second-order valence-electron chi connectivity index (χ2n) is 6.35. The fourth-order valence-electron chi connectivity index (χ4n) is 2.48. The van der Waals surface area contributed by atoms with Gasteiger partial charge in [-0.2, -0.15) is 0 Å². The zero-order valence-corrected chi connectivity index (χ0v) is 15.2. The van der Waals surface area contributed by atoms with E-state index in [2.05, 4.69) is 13.8 Å². The quantitative estimate of drug-likeness (QED) is 0.421. The molecule has 0 aliphatic rings. The molecule has 0 saturated carbocycles. The van der Waals surface area contributed by atoms with Gasteiger partial charge in [0.15, 0.2) is 0 Å². The number of esters is 2. The molecule has 4 heteroatoms. The van der Waals surface area contributed by atoms with Gasteiger partial charge in [0.05, 0.1) is 24.3 Å². The van der Waals surface area contributed by atoms with Gasteiger partial charge < -0.3 is 9.47 Å². The van der Waals surface area contributed by atoms with Crippen molar-refractivity contribution in [3.8, 4) is 0 Å². The molecule has 0 amide bonds. The lowest BCUT2D eigenvalue weighted by Gasteiger charge is -2.09. The molecule has 0 aliphatic heterocycles. The Morgan fingerprint density at radius 3 is 2.00 bits per heavy atom. The van der Waals surface area contributed by atoms with Gasteiger partial charge in [0.25, 0.3) is 0 Å². The Bertz CT molecular complexity index is 508. The Hall–Kier alpha value is -1.84. The first kappa shape index (κ1) is 20.2. The minimum absolute atomic E-state index is 0.262. The van der Waals surface area contributed by atoms with Crippen LogP contribution in [0.25, 0.3) is 0 Å². The maximum Gasteiger partial charge on any atom is 0.339 e. The SMILES string of the molecule is CCOC(=O)c1ccccc1C(=O)OCCCCCCCC(C)C. The van der Waals surface area contributed by atoms with Gasteiger partial charge in [0.2, 0.25) is 0 Å². The maximum absolute atomic E-state index is 12.2. The van der Waals surface area contributed by atoms with E-state index in [9.17, 15) is 9.59 Å². The predicted molar refractivity (Wildman–Crippen MR) is 95.2 cm³/mol. The molecule has 0 saturated heterocycles. The molecule has 0 aliphatic carbocycles. The zero-order valence-electron chi connectivity index (χ0n) is 15.2. The molecule has 24 heavy (non-hydrogen) atoms. The van der Waals surface area contributed by atoms with Crippen LogP contribution in [0.4, 0.5) is 0 Å². The number of carbonyl (C=O) groups is 2. The van der Waals surface area contributed by atoms with Crippen LogP contribution in [0, 0.1) is 5.92 Å². The molecule has 0 heterocycles. The molecule has 0 radical (unpaired) electrons. The summed E-state index contributed by atoms with van der Waals surface area (Å²) in [5.74, 6) is -0.181. The van der Waals surface area contributed by atoms with E-state index in [-0.39, 0.29) is 17.7 Å². The highest BCUT2D eigenvalue weighted by molar-refractivity contribution is 6.03. The van der Waals surface area contributed by atoms with Crippen LogP contribution < -0.4 is 0 Å². The smallest absolute Gasteiger partial charge is 0.339 e. The van der Waals surface area contributed by atoms with Crippen LogP contribution in [0.2, 0.25) is 0 Å². The third-order valence-corrected chi connectivity index (χ3v) is 3.80. The average Bonchev–Trinajstić information content (AvgIpc) is 2.57. The number of ether oxygens (including phenoxy) is 2. The van der Waals surface area contributed by atoms with E-state index < -0.39 is 11.9 Å². The summed E-state index contributed by atoms with van der Waals surface area (Å²) in [5.41, 5.74) is 0.533. The van der Waals surface area contributed by atoms with Crippen LogP contribution in [0.3, 0.4) is 0 Å². The van der Waals surface area contributed by atoms with Crippen molar-refractivity contribution < 1.29 is 19.1 Å². The largest absolute Gasteiger partial charge is 0.462 e. The normalized spacial score (nSPS) is 10.7. The van der Waals surface area contributed by atoms with E-state index in [0.29, 0.717) is 6.61 Å². The van der Waals surface area contributed by atoms with Crippen LogP contribution in [0.1, 0.15) is 80.0 Å². The van der Waals surface area contributed by atoms with E-state index in [0.717, 1.165) is 18.8 Å². The van der Waals surface area contributed by atoms with Gasteiger partial charge in [-0.25, -0.2) is 9.59 Å². The molecular weight excluding hydrogens is 304 g/mol. The van der Waals surface area contributed by atoms with Crippen molar-refractivity contribution in [2.45, 2.75) is 59.3 Å². The van der Waals surface area contributed by atoms with Crippen molar-refractivity contribution in [3.05, 3.63) is 35.4 Å². The predicted octanol–water partition coefficient (Wildman–Crippen LogP) is 5.02. The standard InChI is InChI=1S/C20H30O4/c1-4-23-19(21)17-13-9-10-14-18(17)20(22)24-15-11-7-5-6-8-12-16(2)3/h9-10,13-14,16H,4-8,11-12,15H2,1-3H3. The summed E-state index contributed by atoms with van der Waals surface area (Å²) in [6.07, 6.45) is 6.87. The van der Waals surface area contributed by atoms with Crippen molar-refractivity contribution in [2.75, 3.05) is 13.2 Å². The van der Waals surface area contributed by atoms with Gasteiger partial charge in [0, 0.05) is 0 Å². The first-order chi connectivity index (χ1) is 11.6. The molecule has 0 aromatic heterocycles. The Morgan fingerprint density at radius 2 is 1.42 bits per heavy atom. The zero-order chi connectivity index (χ0) is 17.8. The van der Waals surface area contributed by atoms with Gasteiger partial charge in [-0.1, -0.05) is 58.1 Å². The Labute approximate surface area is 145 Å². The van der Waals surface area contributed by atoms with E-state index in [1.807, 2.05) is 0 Å². The van der Waals surface area contributed by atoms with E-state index in [1.165, 1.54) is 25.7 Å². The highest BCUT2D eigenvalue weighted by Gasteiger charge is 2.18. The van der Waals surface area contributed by atoms with Crippen molar-refractivity contribution in [1.29, 1.82) is 0 Å². The number of hydrogen-bond acceptors (Lipinski definition) is 4. The molecule has 0 unspecified atom stereocenters. The summed E-state index contributed by atoms with van der Waals surface area (Å²) in [7, 11) is 0. The Morgan fingerprint density at radius 1 is 0.875 bits per heavy atom. The topological polar surface area (TPSA) is 52.6 Å². The van der Waals surface area contributed by atoms with Crippen LogP contribution in [0.5, 0.6) is 0 Å². The Balaban J connectivity index is 2.32. The number of carbonyl (C=O) groups excluding carboxylic acids is 2. The minimum atomic E-state index is -0.491. The van der Waals surface area contributed by atoms with Crippen molar-refractivity contribution in [1.82, 2.24) is 0 Å². The molecule has 0 atom stereocenters. The van der Waals surface area contributed by atoms with Gasteiger partial charge >= 0.3 is 11.9 Å². The molecule has 0 N–H and O–H groups in total. The summed E-state index contributed by atoms with van der Waals surface area (Å²) in [6, 6.07) is 6.61. The molecule has 0 fully saturated rings. The Kier molecular flexibility index (Phi) is 9.81. The van der Waals surface area contributed by atoms with Crippen LogP contribution in [0.15, 0.2) is 24.3 Å². The second-order valence-corrected chi connectivity index (χ2v) is 6.35. The summed E-state index contributed by atoms with van der Waals surface area (Å²) in [6.45, 7) is 6.89. The van der Waals surface area contributed by atoms with E-state index in [4.69, 9.17) is 9.47 Å². The molecule has 0 spiro atoms. The van der Waals surface area contributed by atoms with Gasteiger partial charge in [-0.15, -0.1) is 0 Å². The first-order valence-electron chi connectivity index (χ1n) is 8.99. The lowest BCUT2D eigenvalue weighted by Crippen LogP contribution is -2.14. The summed E-state index contributed by atoms with van der Waals surface area (Å²) in [4.78, 5) is 24.0. The van der Waals surface area contributed by atoms with Crippen LogP contribution >= 0.6 is 0 Å². The van der Waals surface area contributed by atoms with Gasteiger partial charge in [0.1, 0.15) is 0 Å². The average molecular weight is 334 g/mol. The second kappa shape index (κ2) is 11.7. The van der Waals surface area contributed by atoms with Crippen LogP contribution in [-0.4, -0.2) is 25.2 Å². The molecule has 134 valence electrons. The molecule has 1 aromatic carbocycles. The fourth-order valence-corrected chi connectivity index (χ4v) is 2.48. The summed E-state index contributed by atoms with van der Waals surface area (Å²) < 4.78 is 10.3. The molecule has 4 nitrogen and oxygen atoms in total. The van der Waals surface area contributed by atoms with Gasteiger partial charge in [-0.3, -0.25) is 0 Å². The first-order valence-corrected chi connectivity index (χ1v) is 8.99. The number of unbranched alkanes of at least 4 members (excludes halogenated alkanes) is 4.